The number of rotatable bonds is 3. The molecule has 0 atom stereocenters. The molecule has 104 valence electrons. The first kappa shape index (κ1) is 15.1. The van der Waals surface area contributed by atoms with Crippen molar-refractivity contribution in [3.63, 3.8) is 0 Å². The summed E-state index contributed by atoms with van der Waals surface area (Å²) in [6.07, 6.45) is 0. The Morgan fingerprint density at radius 1 is 1.32 bits per heavy atom. The lowest BCUT2D eigenvalue weighted by atomic mass is 9.95. The first-order chi connectivity index (χ1) is 8.64. The van der Waals surface area contributed by atoms with Crippen LogP contribution in [0.2, 0.25) is 0 Å². The van der Waals surface area contributed by atoms with Crippen LogP contribution in [0.25, 0.3) is 0 Å². The van der Waals surface area contributed by atoms with Crippen molar-refractivity contribution in [2.24, 2.45) is 5.41 Å². The molecule has 1 aromatic rings. The molecular weight excluding hydrogens is 244 g/mol. The van der Waals surface area contributed by atoms with Gasteiger partial charge in [-0.2, -0.15) is 0 Å². The number of carbonyl (C=O) groups is 1. The number of hydrogen-bond acceptors (Lipinski definition) is 3. The Hall–Kier alpha value is -1.91. The lowest BCUT2D eigenvalue weighted by molar-refractivity contribution is -0.386. The average molecular weight is 264 g/mol. The molecular formula is C14H20N2O3. The molecule has 0 aliphatic rings. The van der Waals surface area contributed by atoms with Gasteiger partial charge in [-0.05, 0) is 19.4 Å². The van der Waals surface area contributed by atoms with E-state index in [1.54, 1.807) is 19.9 Å². The van der Waals surface area contributed by atoms with Gasteiger partial charge >= 0.3 is 0 Å². The second-order valence-corrected chi connectivity index (χ2v) is 5.70. The maximum atomic E-state index is 11.8. The Bertz CT molecular complexity index is 516. The zero-order chi connectivity index (χ0) is 14.8. The molecule has 1 amide bonds. The number of hydrogen-bond donors (Lipinski definition) is 1. The molecule has 0 fully saturated rings. The molecule has 5 nitrogen and oxygen atoms in total. The quantitative estimate of drug-likeness (QED) is 0.674. The fourth-order valence-corrected chi connectivity index (χ4v) is 1.79. The molecule has 1 aromatic carbocycles. The lowest BCUT2D eigenvalue weighted by Crippen LogP contribution is -2.34. The number of nitrogens with zero attached hydrogens (tertiary/aromatic N) is 1. The zero-order valence-electron chi connectivity index (χ0n) is 12.0. The third-order valence-corrected chi connectivity index (χ3v) is 3.05. The number of aryl methyl sites for hydroxylation is 1. The van der Waals surface area contributed by atoms with Gasteiger partial charge in [0.25, 0.3) is 5.69 Å². The van der Waals surface area contributed by atoms with Crippen LogP contribution in [0.5, 0.6) is 0 Å². The van der Waals surface area contributed by atoms with Gasteiger partial charge in [-0.3, -0.25) is 14.9 Å². The summed E-state index contributed by atoms with van der Waals surface area (Å²) >= 11 is 0. The molecule has 0 aliphatic carbocycles. The summed E-state index contributed by atoms with van der Waals surface area (Å²) in [6.45, 7) is 9.21. The summed E-state index contributed by atoms with van der Waals surface area (Å²) in [5, 5.41) is 13.8. The van der Waals surface area contributed by atoms with Crippen LogP contribution >= 0.6 is 0 Å². The van der Waals surface area contributed by atoms with E-state index in [2.05, 4.69) is 5.32 Å². The highest BCUT2D eigenvalue weighted by Crippen LogP contribution is 2.26. The van der Waals surface area contributed by atoms with Gasteiger partial charge in [0.1, 0.15) is 0 Å². The van der Waals surface area contributed by atoms with E-state index in [4.69, 9.17) is 0 Å². The number of nitrogens with one attached hydrogen (secondary N) is 1. The Morgan fingerprint density at radius 3 is 2.37 bits per heavy atom. The smallest absolute Gasteiger partial charge is 0.275 e. The molecule has 5 heteroatoms. The van der Waals surface area contributed by atoms with E-state index in [-0.39, 0.29) is 16.5 Å². The van der Waals surface area contributed by atoms with E-state index >= 15 is 0 Å². The lowest BCUT2D eigenvalue weighted by Gasteiger charge is -2.18. The summed E-state index contributed by atoms with van der Waals surface area (Å²) < 4.78 is 0. The van der Waals surface area contributed by atoms with Gasteiger partial charge in [0, 0.05) is 23.1 Å². The highest BCUT2D eigenvalue weighted by Gasteiger charge is 2.22. The molecule has 0 bridgehead atoms. The summed E-state index contributed by atoms with van der Waals surface area (Å²) in [5.74, 6) is -0.0740. The van der Waals surface area contributed by atoms with Crippen LogP contribution < -0.4 is 5.32 Å². The normalized spacial score (nSPS) is 11.2. The molecule has 19 heavy (non-hydrogen) atoms. The molecule has 0 saturated carbocycles. The standard InChI is InChI=1S/C14H20N2O3/c1-9-6-7-11(10(2)12(9)16(18)19)8-15-13(17)14(3,4)5/h6-7H,8H2,1-5H3,(H,15,17). The monoisotopic (exact) mass is 264 g/mol. The third-order valence-electron chi connectivity index (χ3n) is 3.05. The highest BCUT2D eigenvalue weighted by atomic mass is 16.6. The van der Waals surface area contributed by atoms with Crippen molar-refractivity contribution < 1.29 is 9.72 Å². The minimum Gasteiger partial charge on any atom is -0.352 e. The van der Waals surface area contributed by atoms with E-state index in [1.807, 2.05) is 26.8 Å². The molecule has 0 aromatic heterocycles. The Kier molecular flexibility index (Phi) is 4.29. The molecule has 1 N–H and O–H groups in total. The number of amides is 1. The predicted octanol–water partition coefficient (Wildman–Crippen LogP) is 2.87. The largest absolute Gasteiger partial charge is 0.352 e. The van der Waals surface area contributed by atoms with Crippen molar-refractivity contribution in [2.75, 3.05) is 0 Å². The molecule has 1 rings (SSSR count). The van der Waals surface area contributed by atoms with Gasteiger partial charge < -0.3 is 5.32 Å². The first-order valence-electron chi connectivity index (χ1n) is 6.16. The van der Waals surface area contributed by atoms with Crippen LogP contribution in [0.15, 0.2) is 12.1 Å². The van der Waals surface area contributed by atoms with Gasteiger partial charge in [-0.15, -0.1) is 0 Å². The number of benzene rings is 1. The Labute approximate surface area is 113 Å². The number of carbonyl (C=O) groups excluding carboxylic acids is 1. The second-order valence-electron chi connectivity index (χ2n) is 5.70. The van der Waals surface area contributed by atoms with E-state index in [0.717, 1.165) is 5.56 Å². The second kappa shape index (κ2) is 5.38. The van der Waals surface area contributed by atoms with Crippen molar-refractivity contribution in [3.8, 4) is 0 Å². The fraction of sp³-hybridized carbons (Fsp3) is 0.500. The van der Waals surface area contributed by atoms with E-state index in [9.17, 15) is 14.9 Å². The van der Waals surface area contributed by atoms with Gasteiger partial charge in [-0.1, -0.05) is 32.9 Å². The van der Waals surface area contributed by atoms with Gasteiger partial charge in [0.05, 0.1) is 4.92 Å². The van der Waals surface area contributed by atoms with Crippen molar-refractivity contribution in [3.05, 3.63) is 38.9 Å². The van der Waals surface area contributed by atoms with Crippen LogP contribution in [0.3, 0.4) is 0 Å². The molecule has 0 radical (unpaired) electrons. The van der Waals surface area contributed by atoms with Crippen molar-refractivity contribution >= 4 is 11.6 Å². The minimum atomic E-state index is -0.468. The maximum Gasteiger partial charge on any atom is 0.275 e. The molecule has 0 saturated heterocycles. The summed E-state index contributed by atoms with van der Waals surface area (Å²) in [5.41, 5.74) is 1.68. The summed E-state index contributed by atoms with van der Waals surface area (Å²) in [4.78, 5) is 22.4. The predicted molar refractivity (Wildman–Crippen MR) is 73.9 cm³/mol. The van der Waals surface area contributed by atoms with Crippen molar-refractivity contribution in [1.82, 2.24) is 5.32 Å². The Morgan fingerprint density at radius 2 is 1.89 bits per heavy atom. The van der Waals surface area contributed by atoms with E-state index in [0.29, 0.717) is 17.7 Å². The number of nitro benzene ring substituents is 1. The van der Waals surface area contributed by atoms with Crippen LogP contribution in [0.1, 0.15) is 37.5 Å². The van der Waals surface area contributed by atoms with Gasteiger partial charge in [0.2, 0.25) is 5.91 Å². The van der Waals surface area contributed by atoms with Crippen LogP contribution in [0, 0.1) is 29.4 Å². The van der Waals surface area contributed by atoms with Gasteiger partial charge in [0.15, 0.2) is 0 Å². The first-order valence-corrected chi connectivity index (χ1v) is 6.16. The van der Waals surface area contributed by atoms with E-state index in [1.165, 1.54) is 0 Å². The minimum absolute atomic E-state index is 0.0740. The molecule has 0 spiro atoms. The highest BCUT2D eigenvalue weighted by molar-refractivity contribution is 5.81. The molecule has 0 unspecified atom stereocenters. The SMILES string of the molecule is Cc1ccc(CNC(=O)C(C)(C)C)c(C)c1[N+](=O)[O-]. The van der Waals surface area contributed by atoms with Crippen LogP contribution in [-0.2, 0) is 11.3 Å². The Balaban J connectivity index is 2.95. The summed E-state index contributed by atoms with van der Waals surface area (Å²) in [7, 11) is 0. The van der Waals surface area contributed by atoms with Crippen LogP contribution in [-0.4, -0.2) is 10.8 Å². The van der Waals surface area contributed by atoms with Crippen molar-refractivity contribution in [1.29, 1.82) is 0 Å². The fourth-order valence-electron chi connectivity index (χ4n) is 1.79. The van der Waals surface area contributed by atoms with E-state index < -0.39 is 5.41 Å². The van der Waals surface area contributed by atoms with Crippen molar-refractivity contribution in [2.45, 2.75) is 41.2 Å². The molecule has 0 aliphatic heterocycles. The topological polar surface area (TPSA) is 72.2 Å². The third kappa shape index (κ3) is 3.53. The van der Waals surface area contributed by atoms with Gasteiger partial charge in [-0.25, -0.2) is 0 Å². The zero-order valence-corrected chi connectivity index (χ0v) is 12.0. The number of nitro groups is 1. The summed E-state index contributed by atoms with van der Waals surface area (Å²) in [6, 6.07) is 3.53. The van der Waals surface area contributed by atoms with Crippen LogP contribution in [0.4, 0.5) is 5.69 Å². The average Bonchev–Trinajstić information content (AvgIpc) is 2.25. The molecule has 0 heterocycles. The maximum absolute atomic E-state index is 11.8.